The summed E-state index contributed by atoms with van der Waals surface area (Å²) in [5.41, 5.74) is 1.02. The van der Waals surface area contributed by atoms with Gasteiger partial charge in [-0.15, -0.1) is 12.4 Å². The van der Waals surface area contributed by atoms with Gasteiger partial charge in [-0.2, -0.15) is 0 Å². The Morgan fingerprint density at radius 3 is 2.46 bits per heavy atom. The van der Waals surface area contributed by atoms with E-state index in [9.17, 15) is 9.59 Å². The van der Waals surface area contributed by atoms with Gasteiger partial charge in [0.2, 0.25) is 0 Å². The summed E-state index contributed by atoms with van der Waals surface area (Å²) in [6.45, 7) is 6.99. The summed E-state index contributed by atoms with van der Waals surface area (Å²) in [5, 5.41) is 6.00. The number of nitrogens with zero attached hydrogens (tertiary/aromatic N) is 1. The lowest BCUT2D eigenvalue weighted by molar-refractivity contribution is 0.197. The minimum atomic E-state index is -0.462. The van der Waals surface area contributed by atoms with Crippen molar-refractivity contribution in [3.63, 3.8) is 0 Å². The van der Waals surface area contributed by atoms with E-state index >= 15 is 0 Å². The zero-order valence-electron chi connectivity index (χ0n) is 13.9. The van der Waals surface area contributed by atoms with Gasteiger partial charge in [-0.1, -0.05) is 23.9 Å². The highest BCUT2D eigenvalue weighted by atomic mass is 35.5. The zero-order chi connectivity index (χ0) is 16.7. The summed E-state index contributed by atoms with van der Waals surface area (Å²) in [5.74, 6) is 1.10. The molecule has 0 radical (unpaired) electrons. The topological polar surface area (TPSA) is 70.7 Å². The molecule has 6 nitrogen and oxygen atoms in total. The van der Waals surface area contributed by atoms with Gasteiger partial charge in [0.1, 0.15) is 5.75 Å². The Hall–Kier alpha value is -1.44. The van der Waals surface area contributed by atoms with Crippen molar-refractivity contribution in [3.8, 4) is 5.75 Å². The van der Waals surface area contributed by atoms with Crippen LogP contribution in [0.15, 0.2) is 24.3 Å². The Morgan fingerprint density at radius 1 is 1.25 bits per heavy atom. The molecule has 2 N–H and O–H groups in total. The van der Waals surface area contributed by atoms with Crippen molar-refractivity contribution in [2.45, 2.75) is 25.6 Å². The molecule has 1 saturated heterocycles. The van der Waals surface area contributed by atoms with Gasteiger partial charge < -0.3 is 20.3 Å². The molecule has 0 aliphatic carbocycles. The number of piperazine rings is 1. The number of nitrogens with one attached hydrogen (secondary N) is 2. The molecule has 1 aromatic rings. The highest BCUT2D eigenvalue weighted by molar-refractivity contribution is 8.12. The quantitative estimate of drug-likeness (QED) is 0.849. The van der Waals surface area contributed by atoms with Crippen LogP contribution in [0, 0.1) is 0 Å². The lowest BCUT2D eigenvalue weighted by Crippen LogP contribution is -2.45. The van der Waals surface area contributed by atoms with Crippen LogP contribution in [0.25, 0.3) is 0 Å². The predicted octanol–water partition coefficient (Wildman–Crippen LogP) is 2.86. The molecule has 1 fully saturated rings. The fourth-order valence-electron chi connectivity index (χ4n) is 2.11. The largest absolute Gasteiger partial charge is 0.412 e. The molecule has 1 aliphatic heterocycles. The van der Waals surface area contributed by atoms with Gasteiger partial charge in [0.25, 0.3) is 5.24 Å². The van der Waals surface area contributed by atoms with Crippen LogP contribution >= 0.6 is 24.2 Å². The van der Waals surface area contributed by atoms with Crippen molar-refractivity contribution in [3.05, 3.63) is 29.8 Å². The molecule has 0 spiro atoms. The maximum atomic E-state index is 12.1. The zero-order valence-corrected chi connectivity index (χ0v) is 15.5. The maximum absolute atomic E-state index is 12.1. The third kappa shape index (κ3) is 6.98. The molecule has 0 bridgehead atoms. The monoisotopic (exact) mass is 373 g/mol. The minimum Gasteiger partial charge on any atom is -0.410 e. The van der Waals surface area contributed by atoms with Crippen molar-refractivity contribution < 1.29 is 14.3 Å². The minimum absolute atomic E-state index is 0. The van der Waals surface area contributed by atoms with Gasteiger partial charge >= 0.3 is 6.09 Å². The molecular weight excluding hydrogens is 350 g/mol. The first kappa shape index (κ1) is 20.6. The second kappa shape index (κ2) is 10.4. The number of carbonyl (C=O) groups is 2. The molecule has 24 heavy (non-hydrogen) atoms. The van der Waals surface area contributed by atoms with Crippen molar-refractivity contribution in [2.75, 3.05) is 26.2 Å². The first-order valence-electron chi connectivity index (χ1n) is 7.74. The molecule has 0 unspecified atom stereocenters. The molecule has 0 saturated carbocycles. The van der Waals surface area contributed by atoms with Crippen LogP contribution in [0.4, 0.5) is 9.59 Å². The number of carbonyl (C=O) groups excluding carboxylic acids is 2. The average molecular weight is 374 g/mol. The molecule has 0 atom stereocenters. The summed E-state index contributed by atoms with van der Waals surface area (Å²) in [4.78, 5) is 25.4. The SMILES string of the molecule is CC(C)NC(=O)Oc1ccc(CSC(=O)N2CCNCC2)cc1.Cl. The van der Waals surface area contributed by atoms with Gasteiger partial charge in [0.15, 0.2) is 0 Å². The van der Waals surface area contributed by atoms with Crippen LogP contribution in [-0.2, 0) is 5.75 Å². The lowest BCUT2D eigenvalue weighted by Gasteiger charge is -2.26. The summed E-state index contributed by atoms with van der Waals surface area (Å²) >= 11 is 1.30. The number of rotatable bonds is 4. The van der Waals surface area contributed by atoms with Crippen LogP contribution in [0.2, 0.25) is 0 Å². The van der Waals surface area contributed by atoms with E-state index in [-0.39, 0.29) is 23.7 Å². The van der Waals surface area contributed by atoms with Crippen LogP contribution in [0.5, 0.6) is 5.75 Å². The smallest absolute Gasteiger partial charge is 0.410 e. The number of hydrogen-bond acceptors (Lipinski definition) is 5. The number of hydrogen-bond donors (Lipinski definition) is 2. The Kier molecular flexibility index (Phi) is 8.95. The molecule has 2 amide bonds. The van der Waals surface area contributed by atoms with Crippen LogP contribution < -0.4 is 15.4 Å². The standard InChI is InChI=1S/C16H23N3O3S.ClH/c1-12(2)18-15(20)22-14-5-3-13(4-6-14)11-23-16(21)19-9-7-17-8-10-19;/h3-6,12,17H,7-11H2,1-2H3,(H,18,20);1H. The van der Waals surface area contributed by atoms with Gasteiger partial charge in [0.05, 0.1) is 0 Å². The predicted molar refractivity (Wildman–Crippen MR) is 99.1 cm³/mol. The van der Waals surface area contributed by atoms with Gasteiger partial charge in [-0.25, -0.2) is 4.79 Å². The molecule has 1 heterocycles. The van der Waals surface area contributed by atoms with E-state index in [1.807, 2.05) is 30.9 Å². The number of ether oxygens (including phenoxy) is 1. The van der Waals surface area contributed by atoms with E-state index in [0.29, 0.717) is 11.5 Å². The molecule has 2 rings (SSSR count). The fraction of sp³-hybridized carbons (Fsp3) is 0.500. The first-order valence-corrected chi connectivity index (χ1v) is 8.73. The summed E-state index contributed by atoms with van der Waals surface area (Å²) in [7, 11) is 0. The molecule has 0 aromatic heterocycles. The van der Waals surface area contributed by atoms with Gasteiger partial charge in [0, 0.05) is 38.0 Å². The van der Waals surface area contributed by atoms with E-state index in [2.05, 4.69) is 10.6 Å². The lowest BCUT2D eigenvalue weighted by atomic mass is 10.2. The third-order valence-electron chi connectivity index (χ3n) is 3.28. The van der Waals surface area contributed by atoms with E-state index in [1.165, 1.54) is 11.8 Å². The summed E-state index contributed by atoms with van der Waals surface area (Å²) in [6.07, 6.45) is -0.462. The Labute approximate surface area is 153 Å². The number of amides is 2. The van der Waals surface area contributed by atoms with E-state index in [4.69, 9.17) is 4.74 Å². The maximum Gasteiger partial charge on any atom is 0.412 e. The highest BCUT2D eigenvalue weighted by Crippen LogP contribution is 2.19. The number of thioether (sulfide) groups is 1. The number of halogens is 1. The van der Waals surface area contributed by atoms with E-state index < -0.39 is 6.09 Å². The van der Waals surface area contributed by atoms with Crippen molar-refractivity contribution in [2.24, 2.45) is 0 Å². The van der Waals surface area contributed by atoms with Crippen LogP contribution in [-0.4, -0.2) is 48.5 Å². The molecule has 1 aliphatic rings. The normalized spacial score (nSPS) is 14.0. The molecule has 1 aromatic carbocycles. The average Bonchev–Trinajstić information content (AvgIpc) is 2.54. The number of benzene rings is 1. The molecular formula is C16H24ClN3O3S. The fourth-order valence-corrected chi connectivity index (χ4v) is 2.96. The van der Waals surface area contributed by atoms with Crippen LogP contribution in [0.3, 0.4) is 0 Å². The summed E-state index contributed by atoms with van der Waals surface area (Å²) < 4.78 is 5.16. The van der Waals surface area contributed by atoms with Gasteiger partial charge in [-0.3, -0.25) is 4.79 Å². The molecule has 8 heteroatoms. The van der Waals surface area contributed by atoms with Gasteiger partial charge in [-0.05, 0) is 31.5 Å². The second-order valence-electron chi connectivity index (χ2n) is 5.62. The third-order valence-corrected chi connectivity index (χ3v) is 4.26. The Bertz CT molecular complexity index is 534. The Morgan fingerprint density at radius 2 is 1.88 bits per heavy atom. The Balaban J connectivity index is 0.00000288. The second-order valence-corrected chi connectivity index (χ2v) is 6.55. The van der Waals surface area contributed by atoms with E-state index in [0.717, 1.165) is 31.7 Å². The highest BCUT2D eigenvalue weighted by Gasteiger charge is 2.16. The van der Waals surface area contributed by atoms with Crippen LogP contribution in [0.1, 0.15) is 19.4 Å². The van der Waals surface area contributed by atoms with E-state index in [1.54, 1.807) is 12.1 Å². The van der Waals surface area contributed by atoms with Crippen molar-refractivity contribution >= 4 is 35.5 Å². The first-order chi connectivity index (χ1) is 11.0. The summed E-state index contributed by atoms with van der Waals surface area (Å²) in [6, 6.07) is 7.26. The van der Waals surface area contributed by atoms with Crippen molar-refractivity contribution in [1.82, 2.24) is 15.5 Å². The van der Waals surface area contributed by atoms with Crippen molar-refractivity contribution in [1.29, 1.82) is 0 Å². The molecule has 134 valence electrons.